The molecule has 1 fully saturated rings. The normalized spacial score (nSPS) is 29.7. The lowest BCUT2D eigenvalue weighted by molar-refractivity contribution is -0.163. The first-order valence-corrected chi connectivity index (χ1v) is 11.9. The lowest BCUT2D eigenvalue weighted by Gasteiger charge is -2.46. The van der Waals surface area contributed by atoms with Gasteiger partial charge in [0, 0.05) is 28.8 Å². The van der Waals surface area contributed by atoms with Crippen molar-refractivity contribution in [1.29, 1.82) is 0 Å². The summed E-state index contributed by atoms with van der Waals surface area (Å²) in [6.45, 7) is 8.70. The SMILES string of the molecule is CC(C)[C@@H]1CC=C(c2csc(SC3=C(C(=O)O)N4C(=O)[C@H]([C@@H](C)O)[C@H]4[C@H]3C)n2)CN1. The van der Waals surface area contributed by atoms with Crippen LogP contribution in [0.25, 0.3) is 5.57 Å². The van der Waals surface area contributed by atoms with E-state index in [1.807, 2.05) is 12.3 Å². The highest BCUT2D eigenvalue weighted by Gasteiger charge is 2.60. The van der Waals surface area contributed by atoms with Crippen molar-refractivity contribution in [3.63, 3.8) is 0 Å². The summed E-state index contributed by atoms with van der Waals surface area (Å²) in [7, 11) is 0. The summed E-state index contributed by atoms with van der Waals surface area (Å²) in [5.41, 5.74) is 2.12. The second-order valence-corrected chi connectivity index (χ2v) is 10.7. The number of carbonyl (C=O) groups is 2. The summed E-state index contributed by atoms with van der Waals surface area (Å²) in [6, 6.07) is 0.177. The van der Waals surface area contributed by atoms with Crippen LogP contribution in [0.4, 0.5) is 0 Å². The molecule has 9 heteroatoms. The van der Waals surface area contributed by atoms with Gasteiger partial charge in [-0.15, -0.1) is 11.3 Å². The molecule has 1 aromatic heterocycles. The third-order valence-electron chi connectivity index (χ3n) is 6.30. The third-order valence-corrected chi connectivity index (χ3v) is 8.52. The van der Waals surface area contributed by atoms with Gasteiger partial charge in [-0.1, -0.05) is 38.6 Å². The van der Waals surface area contributed by atoms with Gasteiger partial charge in [0.15, 0.2) is 4.34 Å². The molecular weight excluding hydrogens is 422 g/mol. The van der Waals surface area contributed by atoms with Gasteiger partial charge < -0.3 is 20.4 Å². The van der Waals surface area contributed by atoms with Gasteiger partial charge in [-0.25, -0.2) is 9.78 Å². The van der Waals surface area contributed by atoms with Crippen LogP contribution in [0.1, 0.15) is 39.8 Å². The van der Waals surface area contributed by atoms with Crippen LogP contribution < -0.4 is 5.32 Å². The Bertz CT molecular complexity index is 936. The zero-order chi connectivity index (χ0) is 21.7. The maximum atomic E-state index is 12.5. The second kappa shape index (κ2) is 8.11. The Morgan fingerprint density at radius 2 is 2.13 bits per heavy atom. The highest BCUT2D eigenvalue weighted by Crippen LogP contribution is 2.52. The molecule has 0 unspecified atom stereocenters. The van der Waals surface area contributed by atoms with E-state index in [0.717, 1.165) is 28.6 Å². The minimum atomic E-state index is -1.11. The average molecular weight is 450 g/mol. The fourth-order valence-corrected chi connectivity index (χ4v) is 6.68. The Morgan fingerprint density at radius 3 is 2.70 bits per heavy atom. The van der Waals surface area contributed by atoms with Crippen molar-refractivity contribution in [3.8, 4) is 0 Å². The molecule has 0 radical (unpaired) electrons. The molecule has 0 saturated carbocycles. The number of fused-ring (bicyclic) bond motifs is 1. The second-order valence-electron chi connectivity index (χ2n) is 8.57. The molecule has 3 N–H and O–H groups in total. The van der Waals surface area contributed by atoms with E-state index >= 15 is 0 Å². The number of carbonyl (C=O) groups excluding carboxylic acids is 1. The fraction of sp³-hybridized carbons (Fsp3) is 0.571. The van der Waals surface area contributed by atoms with Crippen molar-refractivity contribution >= 4 is 40.5 Å². The number of β-lactam (4-membered cyclic amide) rings is 1. The predicted octanol–water partition coefficient (Wildman–Crippen LogP) is 2.79. The topological polar surface area (TPSA) is 103 Å². The molecule has 4 rings (SSSR count). The van der Waals surface area contributed by atoms with E-state index in [1.165, 1.54) is 28.0 Å². The summed E-state index contributed by atoms with van der Waals surface area (Å²) < 4.78 is 0.765. The molecule has 3 aliphatic heterocycles. The predicted molar refractivity (Wildman–Crippen MR) is 117 cm³/mol. The van der Waals surface area contributed by atoms with Crippen LogP contribution in [-0.4, -0.2) is 56.7 Å². The Balaban J connectivity index is 1.55. The standard InChI is InChI=1S/C21H27N3O4S2/c1-9(2)13-6-5-12(7-22-13)14-8-29-21(23-14)30-18-10(3)16-15(11(4)25)19(26)24(16)17(18)20(27)28/h5,8-11,13,15-16,22,25H,6-7H2,1-4H3,(H,27,28)/t10-,11-,13+,15-,16-/m1/s1. The number of rotatable bonds is 6. The molecule has 7 nitrogen and oxygen atoms in total. The van der Waals surface area contributed by atoms with Crippen molar-refractivity contribution in [3.05, 3.63) is 27.8 Å². The average Bonchev–Trinajstić information content (AvgIpc) is 3.24. The van der Waals surface area contributed by atoms with Crippen molar-refractivity contribution in [2.45, 2.75) is 56.6 Å². The van der Waals surface area contributed by atoms with Gasteiger partial charge in [-0.3, -0.25) is 4.79 Å². The van der Waals surface area contributed by atoms with Crippen LogP contribution in [0, 0.1) is 17.8 Å². The summed E-state index contributed by atoms with van der Waals surface area (Å²) in [5.74, 6) is -1.55. The molecule has 30 heavy (non-hydrogen) atoms. The summed E-state index contributed by atoms with van der Waals surface area (Å²) in [5, 5.41) is 25.3. The number of aliphatic carboxylic acids is 1. The van der Waals surface area contributed by atoms with Gasteiger partial charge in [-0.05, 0) is 24.8 Å². The van der Waals surface area contributed by atoms with Crippen LogP contribution in [0.3, 0.4) is 0 Å². The van der Waals surface area contributed by atoms with E-state index < -0.39 is 18.0 Å². The molecule has 3 aliphatic rings. The number of carboxylic acid groups (broad SMARTS) is 1. The number of thioether (sulfide) groups is 1. The summed E-state index contributed by atoms with van der Waals surface area (Å²) in [4.78, 5) is 31.1. The van der Waals surface area contributed by atoms with E-state index in [-0.39, 0.29) is 23.6 Å². The molecule has 0 aromatic carbocycles. The molecule has 0 aliphatic carbocycles. The van der Waals surface area contributed by atoms with Crippen LogP contribution in [0.15, 0.2) is 26.4 Å². The van der Waals surface area contributed by atoms with E-state index in [9.17, 15) is 19.8 Å². The van der Waals surface area contributed by atoms with Crippen LogP contribution in [0.5, 0.6) is 0 Å². The van der Waals surface area contributed by atoms with Crippen LogP contribution in [0.2, 0.25) is 0 Å². The van der Waals surface area contributed by atoms with Gasteiger partial charge in [0.05, 0.1) is 23.8 Å². The number of aliphatic hydroxyl groups is 1. The molecule has 162 valence electrons. The summed E-state index contributed by atoms with van der Waals surface area (Å²) in [6.07, 6.45) is 2.41. The smallest absolute Gasteiger partial charge is 0.353 e. The minimum absolute atomic E-state index is 0.0365. The monoisotopic (exact) mass is 449 g/mol. The van der Waals surface area contributed by atoms with Crippen molar-refractivity contribution in [2.24, 2.45) is 17.8 Å². The molecule has 1 amide bonds. The quantitative estimate of drug-likeness (QED) is 0.574. The third kappa shape index (κ3) is 3.51. The van der Waals surface area contributed by atoms with Crippen molar-refractivity contribution in [2.75, 3.05) is 6.54 Å². The van der Waals surface area contributed by atoms with E-state index in [1.54, 1.807) is 6.92 Å². The molecule has 0 spiro atoms. The summed E-state index contributed by atoms with van der Waals surface area (Å²) >= 11 is 2.82. The number of hydrogen-bond donors (Lipinski definition) is 3. The highest BCUT2D eigenvalue weighted by molar-refractivity contribution is 8.04. The number of nitrogens with one attached hydrogen (secondary N) is 1. The van der Waals surface area contributed by atoms with Gasteiger partial charge in [0.1, 0.15) is 5.70 Å². The zero-order valence-corrected chi connectivity index (χ0v) is 19.1. The Morgan fingerprint density at radius 1 is 1.40 bits per heavy atom. The molecule has 5 atom stereocenters. The van der Waals surface area contributed by atoms with E-state index in [2.05, 4.69) is 25.2 Å². The highest BCUT2D eigenvalue weighted by atomic mass is 32.2. The number of thiazole rings is 1. The number of nitrogens with zero attached hydrogens (tertiary/aromatic N) is 2. The van der Waals surface area contributed by atoms with Crippen LogP contribution >= 0.6 is 23.1 Å². The number of amides is 1. The van der Waals surface area contributed by atoms with Gasteiger partial charge >= 0.3 is 5.97 Å². The van der Waals surface area contributed by atoms with Gasteiger partial charge in [0.25, 0.3) is 0 Å². The van der Waals surface area contributed by atoms with Crippen molar-refractivity contribution in [1.82, 2.24) is 15.2 Å². The van der Waals surface area contributed by atoms with Gasteiger partial charge in [-0.2, -0.15) is 0 Å². The van der Waals surface area contributed by atoms with Crippen molar-refractivity contribution < 1.29 is 19.8 Å². The maximum absolute atomic E-state index is 12.5. The van der Waals surface area contributed by atoms with Crippen LogP contribution in [-0.2, 0) is 9.59 Å². The molecule has 0 bridgehead atoms. The Kier molecular flexibility index (Phi) is 5.82. The first-order chi connectivity index (χ1) is 14.2. The number of aromatic nitrogens is 1. The number of carboxylic acids is 1. The molecule has 1 saturated heterocycles. The first-order valence-electron chi connectivity index (χ1n) is 10.3. The van der Waals surface area contributed by atoms with Gasteiger partial charge in [0.2, 0.25) is 5.91 Å². The first kappa shape index (κ1) is 21.5. The van der Waals surface area contributed by atoms with E-state index in [0.29, 0.717) is 16.9 Å². The lowest BCUT2D eigenvalue weighted by Crippen LogP contribution is -2.63. The lowest BCUT2D eigenvalue weighted by atomic mass is 9.79. The maximum Gasteiger partial charge on any atom is 0.353 e. The Labute approximate surface area is 184 Å². The fourth-order valence-electron chi connectivity index (χ4n) is 4.57. The van der Waals surface area contributed by atoms with E-state index in [4.69, 9.17) is 4.98 Å². The largest absolute Gasteiger partial charge is 0.477 e. The minimum Gasteiger partial charge on any atom is -0.477 e. The molecule has 4 heterocycles. The zero-order valence-electron chi connectivity index (χ0n) is 17.5. The molecular formula is C21H27N3O4S2. The number of hydrogen-bond acceptors (Lipinski definition) is 7. The number of aliphatic hydroxyl groups excluding tert-OH is 1. The molecule has 1 aromatic rings. The Hall–Kier alpha value is -1.68.